The molecule has 7 heterocycles. The molecule has 246 valence electrons. The van der Waals surface area contributed by atoms with Crippen molar-refractivity contribution < 1.29 is 13.6 Å². The zero-order valence-corrected chi connectivity index (χ0v) is 28.9. The number of hydrogen-bond donors (Lipinski definition) is 0. The van der Waals surface area contributed by atoms with Gasteiger partial charge in [-0.2, -0.15) is 9.13 Å². The van der Waals surface area contributed by atoms with Gasteiger partial charge in [0.15, 0.2) is 24.1 Å². The summed E-state index contributed by atoms with van der Waals surface area (Å²) in [5, 5.41) is 7.50. The average molecular weight is 670 g/mol. The molecular weight excluding hydrogens is 635 g/mol. The predicted octanol–water partition coefficient (Wildman–Crippen LogP) is 11.1. The fourth-order valence-corrected chi connectivity index (χ4v) is 10.1. The molecule has 0 bridgehead atoms. The SMILES string of the molecule is C=C1CC2C(CCc3cc4c(cc3-c3ccc(C)c[n+]31)c1cccc3c5c6c(ccc5n4c13)oc1ccccc16)c1ccccc1-c1cccc[n+]12. The number of fused-ring (bicyclic) bond motifs is 19. The van der Waals surface area contributed by atoms with E-state index in [4.69, 9.17) is 11.0 Å². The monoisotopic (exact) mass is 669 g/mol. The molecular formula is C48H35N3O+2. The van der Waals surface area contributed by atoms with Gasteiger partial charge in [0.25, 0.3) is 0 Å². The van der Waals surface area contributed by atoms with Gasteiger partial charge >= 0.3 is 0 Å². The van der Waals surface area contributed by atoms with Crippen LogP contribution in [0.5, 0.6) is 0 Å². The van der Waals surface area contributed by atoms with Crippen LogP contribution in [0.15, 0.2) is 145 Å². The standard InChI is InChI=1S/C48H35N3O/c1-28-17-20-40-37-26-38-34-13-9-14-36-46-41(21-22-45-47(46)35-12-5-6-16-44(35)52-45)51(48(34)36)43(38)25-30(37)18-19-33-31-10-3-4-11-32(31)39-15-7-8-23-49(39)42(33)24-29(2)50(40)27-28/h3-17,20-23,25-27,33,42H,2,18-19,24H2,1H3/q+2. The highest BCUT2D eigenvalue weighted by Crippen LogP contribution is 2.47. The molecule has 0 spiro atoms. The smallest absolute Gasteiger partial charge is 0.218 e. The summed E-state index contributed by atoms with van der Waals surface area (Å²) in [7, 11) is 0. The van der Waals surface area contributed by atoms with E-state index in [2.05, 4.69) is 154 Å². The molecule has 0 saturated carbocycles. The largest absolute Gasteiger partial charge is 0.456 e. The molecule has 5 aromatic carbocycles. The topological polar surface area (TPSA) is 25.3 Å². The number of furan rings is 1. The van der Waals surface area contributed by atoms with E-state index in [0.29, 0.717) is 5.92 Å². The highest BCUT2D eigenvalue weighted by atomic mass is 16.3. The van der Waals surface area contributed by atoms with Crippen molar-refractivity contribution in [1.82, 2.24) is 4.40 Å². The van der Waals surface area contributed by atoms with Crippen LogP contribution in [0.25, 0.3) is 88.2 Å². The highest BCUT2D eigenvalue weighted by molar-refractivity contribution is 6.32. The van der Waals surface area contributed by atoms with Crippen LogP contribution in [0.4, 0.5) is 0 Å². The maximum absolute atomic E-state index is 6.38. The van der Waals surface area contributed by atoms with Gasteiger partial charge in [-0.3, -0.25) is 0 Å². The minimum absolute atomic E-state index is 0.264. The summed E-state index contributed by atoms with van der Waals surface area (Å²) in [4.78, 5) is 0. The van der Waals surface area contributed by atoms with Gasteiger partial charge in [-0.05, 0) is 86.0 Å². The Balaban J connectivity index is 1.15. The molecule has 10 aromatic rings. The number of allylic oxidation sites excluding steroid dienone is 1. The van der Waals surface area contributed by atoms with E-state index >= 15 is 0 Å². The van der Waals surface area contributed by atoms with Crippen LogP contribution in [-0.4, -0.2) is 4.40 Å². The lowest BCUT2D eigenvalue weighted by Gasteiger charge is -2.31. The summed E-state index contributed by atoms with van der Waals surface area (Å²) in [6, 6.07) is 45.2. The van der Waals surface area contributed by atoms with E-state index < -0.39 is 0 Å². The van der Waals surface area contributed by atoms with Gasteiger partial charge in [0.2, 0.25) is 11.4 Å². The van der Waals surface area contributed by atoms with Crippen molar-refractivity contribution >= 4 is 65.7 Å². The lowest BCUT2D eigenvalue weighted by Crippen LogP contribution is -2.49. The van der Waals surface area contributed by atoms with E-state index in [1.807, 2.05) is 0 Å². The van der Waals surface area contributed by atoms with Gasteiger partial charge in [0.05, 0.1) is 28.5 Å². The summed E-state index contributed by atoms with van der Waals surface area (Å²) in [5.41, 5.74) is 16.0. The lowest BCUT2D eigenvalue weighted by molar-refractivity contribution is -0.720. The maximum atomic E-state index is 6.38. The maximum Gasteiger partial charge on any atom is 0.218 e. The molecule has 0 fully saturated rings. The van der Waals surface area contributed by atoms with Crippen molar-refractivity contribution in [2.24, 2.45) is 0 Å². The third kappa shape index (κ3) is 3.66. The summed E-state index contributed by atoms with van der Waals surface area (Å²) in [6.45, 7) is 6.99. The Morgan fingerprint density at radius 1 is 0.692 bits per heavy atom. The zero-order chi connectivity index (χ0) is 34.2. The Hall–Kier alpha value is -6.26. The molecule has 0 N–H and O–H groups in total. The van der Waals surface area contributed by atoms with Crippen LogP contribution >= 0.6 is 0 Å². The second-order valence-corrected chi connectivity index (χ2v) is 15.0. The zero-order valence-electron chi connectivity index (χ0n) is 28.9. The van der Waals surface area contributed by atoms with Gasteiger partial charge in [0, 0.05) is 67.6 Å². The van der Waals surface area contributed by atoms with Gasteiger partial charge in [0.1, 0.15) is 11.2 Å². The van der Waals surface area contributed by atoms with Crippen molar-refractivity contribution in [2.45, 2.75) is 38.1 Å². The fraction of sp³-hybridized carbons (Fsp3) is 0.125. The van der Waals surface area contributed by atoms with Crippen molar-refractivity contribution in [3.05, 3.63) is 157 Å². The second-order valence-electron chi connectivity index (χ2n) is 15.0. The van der Waals surface area contributed by atoms with Gasteiger partial charge < -0.3 is 8.82 Å². The third-order valence-electron chi connectivity index (χ3n) is 12.3. The molecule has 12 rings (SSSR count). The highest BCUT2D eigenvalue weighted by Gasteiger charge is 2.42. The Bertz CT molecular complexity index is 3160. The molecule has 0 saturated heterocycles. The van der Waals surface area contributed by atoms with E-state index in [1.54, 1.807) is 0 Å². The fourth-order valence-electron chi connectivity index (χ4n) is 10.1. The number of nitrogens with zero attached hydrogens (tertiary/aromatic N) is 3. The summed E-state index contributed by atoms with van der Waals surface area (Å²) >= 11 is 0. The molecule has 4 nitrogen and oxygen atoms in total. The minimum atomic E-state index is 0.264. The van der Waals surface area contributed by atoms with Crippen LogP contribution in [0, 0.1) is 6.92 Å². The predicted molar refractivity (Wildman–Crippen MR) is 211 cm³/mol. The number of rotatable bonds is 0. The van der Waals surface area contributed by atoms with Crippen LogP contribution in [0.2, 0.25) is 0 Å². The number of benzene rings is 5. The van der Waals surface area contributed by atoms with Gasteiger partial charge in [-0.15, -0.1) is 0 Å². The van der Waals surface area contributed by atoms with Crippen molar-refractivity contribution in [3.63, 3.8) is 0 Å². The Morgan fingerprint density at radius 2 is 1.54 bits per heavy atom. The molecule has 5 aromatic heterocycles. The minimum Gasteiger partial charge on any atom is -0.456 e. The Labute approximate surface area is 300 Å². The molecule has 2 atom stereocenters. The Morgan fingerprint density at radius 3 is 2.50 bits per heavy atom. The van der Waals surface area contributed by atoms with E-state index in [1.165, 1.54) is 88.1 Å². The molecule has 52 heavy (non-hydrogen) atoms. The Kier molecular flexibility index (Phi) is 5.56. The van der Waals surface area contributed by atoms with Crippen molar-refractivity contribution in [1.29, 1.82) is 0 Å². The second kappa shape index (κ2) is 10.2. The molecule has 0 aliphatic carbocycles. The quantitative estimate of drug-likeness (QED) is 0.148. The van der Waals surface area contributed by atoms with Crippen LogP contribution in [0.3, 0.4) is 0 Å². The number of aryl methyl sites for hydroxylation is 2. The molecule has 2 aliphatic heterocycles. The third-order valence-corrected chi connectivity index (χ3v) is 12.3. The molecule has 4 heteroatoms. The van der Waals surface area contributed by atoms with Gasteiger partial charge in [-0.25, -0.2) is 0 Å². The number of hydrogen-bond acceptors (Lipinski definition) is 1. The lowest BCUT2D eigenvalue weighted by atomic mass is 9.77. The number of aromatic nitrogens is 3. The molecule has 2 aliphatic rings. The molecule has 0 amide bonds. The summed E-state index contributed by atoms with van der Waals surface area (Å²) in [5.74, 6) is 0.347. The first kappa shape index (κ1) is 28.4. The first-order valence-electron chi connectivity index (χ1n) is 18.5. The normalized spacial score (nSPS) is 17.1. The van der Waals surface area contributed by atoms with E-state index in [0.717, 1.165) is 36.1 Å². The van der Waals surface area contributed by atoms with Crippen LogP contribution in [-0.2, 0) is 6.42 Å². The van der Waals surface area contributed by atoms with Gasteiger partial charge in [-0.1, -0.05) is 54.6 Å². The van der Waals surface area contributed by atoms with Crippen molar-refractivity contribution in [2.75, 3.05) is 0 Å². The summed E-state index contributed by atoms with van der Waals surface area (Å²) < 4.78 is 13.8. The number of para-hydroxylation sites is 2. The first-order chi connectivity index (χ1) is 25.6. The molecule has 0 radical (unpaired) electrons. The van der Waals surface area contributed by atoms with E-state index in [9.17, 15) is 0 Å². The average Bonchev–Trinajstić information content (AvgIpc) is 3.83. The van der Waals surface area contributed by atoms with Crippen LogP contribution < -0.4 is 9.13 Å². The summed E-state index contributed by atoms with van der Waals surface area (Å²) in [6.07, 6.45) is 7.46. The van der Waals surface area contributed by atoms with E-state index in [-0.39, 0.29) is 6.04 Å². The van der Waals surface area contributed by atoms with Crippen LogP contribution in [0.1, 0.15) is 41.5 Å². The van der Waals surface area contributed by atoms with Crippen molar-refractivity contribution in [3.8, 4) is 22.5 Å². The first-order valence-corrected chi connectivity index (χ1v) is 18.5. The number of pyridine rings is 2. The molecule has 2 unspecified atom stereocenters.